The number of unbranched alkanes of at least 4 members (excludes halogenated alkanes) is 15. The Kier molecular flexibility index (Phi) is 34.5. The van der Waals surface area contributed by atoms with Gasteiger partial charge in [0.25, 0.3) is 0 Å². The monoisotopic (exact) mass is 797 g/mol. The lowest BCUT2D eigenvalue weighted by atomic mass is 10.1. The fraction of sp³-hybridized carbons (Fsp3) is 0.750. The molecule has 1 N–H and O–H groups in total. The Bertz CT molecular complexity index is 1140. The van der Waals surface area contributed by atoms with Crippen LogP contribution in [0.2, 0.25) is 0 Å². The van der Waals surface area contributed by atoms with Crippen LogP contribution in [-0.4, -0.2) is 80.7 Å². The number of phosphoric acid groups is 1. The average Bonchev–Trinajstić information content (AvgIpc) is 3.12. The Balaban J connectivity index is 4.48. The Labute approximate surface area is 335 Å². The zero-order chi connectivity index (χ0) is 40.9. The fourth-order valence-corrected chi connectivity index (χ4v) is 6.12. The van der Waals surface area contributed by atoms with Crippen molar-refractivity contribution in [3.8, 4) is 0 Å². The van der Waals surface area contributed by atoms with Gasteiger partial charge in [0.05, 0.1) is 27.7 Å². The van der Waals surface area contributed by atoms with Crippen molar-refractivity contribution in [3.05, 3.63) is 48.6 Å². The van der Waals surface area contributed by atoms with E-state index in [0.29, 0.717) is 30.3 Å². The molecule has 0 aliphatic carbocycles. The molecule has 0 aliphatic rings. The molecular weight excluding hydrogens is 717 g/mol. The molecule has 0 heterocycles. The van der Waals surface area contributed by atoms with Gasteiger partial charge in [0.2, 0.25) is 0 Å². The lowest BCUT2D eigenvalue weighted by Gasteiger charge is -2.24. The van der Waals surface area contributed by atoms with E-state index in [9.17, 15) is 23.8 Å². The minimum Gasteiger partial charge on any atom is -0.462 e. The molecule has 0 aromatic rings. The smallest absolute Gasteiger partial charge is 0.462 e. The van der Waals surface area contributed by atoms with Crippen LogP contribution in [0.3, 0.4) is 0 Å². The first kappa shape index (κ1) is 52.6. The van der Waals surface area contributed by atoms with E-state index >= 15 is 0 Å². The van der Waals surface area contributed by atoms with Crippen LogP contribution in [0, 0.1) is 0 Å². The number of allylic oxidation sites excluding steroid dienone is 8. The third kappa shape index (κ3) is 39.7. The van der Waals surface area contributed by atoms with Crippen molar-refractivity contribution in [2.75, 3.05) is 47.5 Å². The van der Waals surface area contributed by atoms with Crippen molar-refractivity contribution in [3.63, 3.8) is 0 Å². The van der Waals surface area contributed by atoms with Crippen molar-refractivity contribution in [1.29, 1.82) is 0 Å². The average molecular weight is 797 g/mol. The molecule has 0 radical (unpaired) electrons. The maximum atomic E-state index is 12.7. The van der Waals surface area contributed by atoms with Crippen LogP contribution >= 0.6 is 7.82 Å². The van der Waals surface area contributed by atoms with Crippen molar-refractivity contribution < 1.29 is 46.8 Å². The summed E-state index contributed by atoms with van der Waals surface area (Å²) in [6, 6.07) is 0. The van der Waals surface area contributed by atoms with Gasteiger partial charge in [-0.05, 0) is 70.3 Å². The number of carbonyl (C=O) groups excluding carboxylic acids is 3. The van der Waals surface area contributed by atoms with E-state index in [1.807, 2.05) is 33.3 Å². The molecule has 0 rings (SSSR count). The van der Waals surface area contributed by atoms with E-state index in [1.54, 1.807) is 6.08 Å². The largest absolute Gasteiger partial charge is 0.472 e. The number of ether oxygens (including phenoxy) is 2. The summed E-state index contributed by atoms with van der Waals surface area (Å²) in [5.74, 6) is -0.702. The zero-order valence-corrected chi connectivity index (χ0v) is 36.3. The van der Waals surface area contributed by atoms with Gasteiger partial charge in [-0.25, -0.2) is 4.57 Å². The summed E-state index contributed by atoms with van der Waals surface area (Å²) in [6.07, 6.45) is 37.0. The highest BCUT2D eigenvalue weighted by atomic mass is 31.2. The molecule has 0 fully saturated rings. The molecule has 55 heavy (non-hydrogen) atoms. The summed E-state index contributed by atoms with van der Waals surface area (Å²) in [7, 11) is 1.41. The number of phosphoric ester groups is 1. The van der Waals surface area contributed by atoms with Gasteiger partial charge >= 0.3 is 19.8 Å². The highest BCUT2D eigenvalue weighted by Gasteiger charge is 2.27. The molecule has 0 spiro atoms. The van der Waals surface area contributed by atoms with Crippen LogP contribution in [0.5, 0.6) is 0 Å². The lowest BCUT2D eigenvalue weighted by molar-refractivity contribution is -0.870. The molecule has 1 unspecified atom stereocenters. The van der Waals surface area contributed by atoms with Gasteiger partial charge in [0, 0.05) is 19.3 Å². The van der Waals surface area contributed by atoms with E-state index in [1.165, 1.54) is 25.7 Å². The SMILES string of the molecule is CCCCC/C=C\C/C=C\CCCCCCCC(=O)O[C@H](COC(=O)CCCCCCC/C=C\C=C\C(=O)CCCCC)COP(=O)(O)OCC[N+](C)(C)C. The highest BCUT2D eigenvalue weighted by Crippen LogP contribution is 2.43. The number of carbonyl (C=O) groups is 3. The number of hydrogen-bond acceptors (Lipinski definition) is 8. The number of quaternary nitrogens is 1. The van der Waals surface area contributed by atoms with Crippen LogP contribution in [0.1, 0.15) is 162 Å². The zero-order valence-electron chi connectivity index (χ0n) is 35.4. The number of esters is 2. The van der Waals surface area contributed by atoms with Crippen molar-refractivity contribution in [2.45, 2.75) is 168 Å². The summed E-state index contributed by atoms with van der Waals surface area (Å²) in [5, 5.41) is 0. The topological polar surface area (TPSA) is 125 Å². The van der Waals surface area contributed by atoms with Gasteiger partial charge in [0.15, 0.2) is 11.9 Å². The van der Waals surface area contributed by atoms with Crippen molar-refractivity contribution in [2.24, 2.45) is 0 Å². The molecule has 0 bridgehead atoms. The molecule has 0 aromatic heterocycles. The summed E-state index contributed by atoms with van der Waals surface area (Å²) in [4.78, 5) is 47.1. The lowest BCUT2D eigenvalue weighted by Crippen LogP contribution is -2.37. The molecule has 0 amide bonds. The predicted octanol–water partition coefficient (Wildman–Crippen LogP) is 11.1. The normalized spacial score (nSPS) is 14.0. The predicted molar refractivity (Wildman–Crippen MR) is 225 cm³/mol. The second-order valence-corrected chi connectivity index (χ2v) is 16.9. The molecule has 318 valence electrons. The van der Waals surface area contributed by atoms with Crippen LogP contribution in [0.25, 0.3) is 0 Å². The van der Waals surface area contributed by atoms with Crippen LogP contribution in [0.15, 0.2) is 48.6 Å². The Morgan fingerprint density at radius 1 is 0.618 bits per heavy atom. The van der Waals surface area contributed by atoms with Crippen LogP contribution < -0.4 is 0 Å². The highest BCUT2D eigenvalue weighted by molar-refractivity contribution is 7.47. The maximum absolute atomic E-state index is 12.7. The minimum atomic E-state index is -4.40. The number of rotatable bonds is 38. The first-order chi connectivity index (χ1) is 26.4. The van der Waals surface area contributed by atoms with E-state index in [2.05, 4.69) is 44.2 Å². The van der Waals surface area contributed by atoms with E-state index in [4.69, 9.17) is 18.5 Å². The maximum Gasteiger partial charge on any atom is 0.472 e. The Morgan fingerprint density at radius 3 is 1.76 bits per heavy atom. The standard InChI is InChI=1S/C44H78NO9P/c1-6-8-10-11-12-13-14-15-16-17-18-21-25-28-32-36-44(48)54-42(40-53-55(49,50)52-38-37-45(3,4)5)39-51-43(47)35-31-27-24-22-19-20-23-26-30-34-41(46)33-29-9-7-2/h12-13,15-16,23,26,30,34,42H,6-11,14,17-22,24-25,27-29,31-33,35-40H2,1-5H3/p+1/b13-12-,16-15-,26-23-,34-30+/t42-/m1/s1. The Hall–Kier alpha value is -2.36. The number of ketones is 1. The van der Waals surface area contributed by atoms with Gasteiger partial charge in [-0.2, -0.15) is 0 Å². The summed E-state index contributed by atoms with van der Waals surface area (Å²) >= 11 is 0. The molecule has 2 atom stereocenters. The first-order valence-electron chi connectivity index (χ1n) is 21.3. The quantitative estimate of drug-likeness (QED) is 0.0124. The molecule has 0 saturated heterocycles. The minimum absolute atomic E-state index is 0.0129. The van der Waals surface area contributed by atoms with E-state index < -0.39 is 32.5 Å². The van der Waals surface area contributed by atoms with Gasteiger partial charge < -0.3 is 18.9 Å². The third-order valence-corrected chi connectivity index (χ3v) is 9.79. The first-order valence-corrected chi connectivity index (χ1v) is 22.8. The van der Waals surface area contributed by atoms with Gasteiger partial charge in [-0.3, -0.25) is 23.4 Å². The third-order valence-electron chi connectivity index (χ3n) is 8.81. The van der Waals surface area contributed by atoms with Gasteiger partial charge in [-0.1, -0.05) is 121 Å². The Morgan fingerprint density at radius 2 is 1.15 bits per heavy atom. The molecule has 11 heteroatoms. The second-order valence-electron chi connectivity index (χ2n) is 15.4. The van der Waals surface area contributed by atoms with Gasteiger partial charge in [-0.15, -0.1) is 0 Å². The molecule has 0 saturated carbocycles. The fourth-order valence-electron chi connectivity index (χ4n) is 5.38. The van der Waals surface area contributed by atoms with Crippen LogP contribution in [-0.2, 0) is 37.5 Å². The summed E-state index contributed by atoms with van der Waals surface area (Å²) < 4.78 is 34.2. The molecule has 10 nitrogen and oxygen atoms in total. The van der Waals surface area contributed by atoms with E-state index in [-0.39, 0.29) is 31.8 Å². The second kappa shape index (κ2) is 36.0. The number of nitrogens with zero attached hydrogens (tertiary/aromatic N) is 1. The van der Waals surface area contributed by atoms with E-state index in [0.717, 1.165) is 89.9 Å². The van der Waals surface area contributed by atoms with Gasteiger partial charge in [0.1, 0.15) is 19.8 Å². The van der Waals surface area contributed by atoms with Crippen molar-refractivity contribution >= 4 is 25.5 Å². The molecular formula is C44H79NO9P+. The number of hydrogen-bond donors (Lipinski definition) is 1. The van der Waals surface area contributed by atoms with Crippen molar-refractivity contribution in [1.82, 2.24) is 0 Å². The summed E-state index contributed by atoms with van der Waals surface area (Å²) in [5.41, 5.74) is 0. The number of likely N-dealkylation sites (N-methyl/N-ethyl adjacent to an activating group) is 1. The van der Waals surface area contributed by atoms with Crippen LogP contribution in [0.4, 0.5) is 0 Å². The summed E-state index contributed by atoms with van der Waals surface area (Å²) in [6.45, 7) is 4.15. The molecule has 0 aromatic carbocycles. The molecule has 0 aliphatic heterocycles.